The van der Waals surface area contributed by atoms with Crippen molar-refractivity contribution in [1.82, 2.24) is 0 Å². The van der Waals surface area contributed by atoms with Gasteiger partial charge in [-0.3, -0.25) is 0 Å². The van der Waals surface area contributed by atoms with Gasteiger partial charge in [-0.25, -0.2) is 12.1 Å². The second kappa shape index (κ2) is 23.4. The van der Waals surface area contributed by atoms with Gasteiger partial charge in [0.05, 0.1) is 18.3 Å². The molecular weight excluding hydrogens is 710 g/mol. The van der Waals surface area contributed by atoms with E-state index in [9.17, 15) is 39.5 Å². The molecular formula is C20H35F9GeHfO3-. The Morgan fingerprint density at radius 2 is 0.794 bits per heavy atom. The van der Waals surface area contributed by atoms with E-state index in [0.717, 1.165) is 19.3 Å². The molecule has 1 aromatic rings. The third kappa shape index (κ3) is 36.6. The van der Waals surface area contributed by atoms with Crippen molar-refractivity contribution in [2.75, 3.05) is 0 Å². The minimum absolute atomic E-state index is 0. The molecule has 14 heteroatoms. The molecule has 0 saturated heterocycles. The molecule has 0 spiro atoms. The fourth-order valence-electron chi connectivity index (χ4n) is 0.803. The quantitative estimate of drug-likeness (QED) is 0.188. The molecule has 205 valence electrons. The van der Waals surface area contributed by atoms with E-state index in [1.54, 1.807) is 20.8 Å². The van der Waals surface area contributed by atoms with Crippen molar-refractivity contribution in [3.63, 3.8) is 0 Å². The number of hydrogen-bond donors (Lipinski definition) is 3. The van der Waals surface area contributed by atoms with E-state index in [0.29, 0.717) is 0 Å². The van der Waals surface area contributed by atoms with E-state index in [1.165, 1.54) is 0 Å². The van der Waals surface area contributed by atoms with Gasteiger partial charge in [0.15, 0.2) is 0 Å². The number of aliphatic hydroxyl groups is 3. The van der Waals surface area contributed by atoms with Gasteiger partial charge in [-0.15, -0.1) is 0 Å². The first-order chi connectivity index (χ1) is 14.7. The first kappa shape index (κ1) is 44.0. The van der Waals surface area contributed by atoms with Crippen LogP contribution in [0.2, 0.25) is 0 Å². The van der Waals surface area contributed by atoms with Crippen molar-refractivity contribution < 1.29 is 80.7 Å². The molecule has 0 aliphatic carbocycles. The summed E-state index contributed by atoms with van der Waals surface area (Å²) in [5.41, 5.74) is 0. The maximum absolute atomic E-state index is 11.3. The number of halogens is 9. The van der Waals surface area contributed by atoms with Crippen LogP contribution in [0.4, 0.5) is 39.5 Å². The van der Waals surface area contributed by atoms with Crippen LogP contribution >= 0.6 is 0 Å². The Balaban J connectivity index is -0.000000112. The molecule has 3 nitrogen and oxygen atoms in total. The number of aliphatic hydroxyl groups excluding tert-OH is 3. The molecule has 0 aliphatic heterocycles. The molecule has 0 aliphatic rings. The van der Waals surface area contributed by atoms with E-state index in [1.807, 2.05) is 51.1 Å². The molecule has 1 aromatic carbocycles. The summed E-state index contributed by atoms with van der Waals surface area (Å²) >= 11 is -7.10. The maximum Gasteiger partial charge on any atom is 0 e. The second-order valence-electron chi connectivity index (χ2n) is 6.60. The monoisotopic (exact) mass is 748 g/mol. The van der Waals surface area contributed by atoms with Gasteiger partial charge in [0.25, 0.3) is 0 Å². The third-order valence-corrected chi connectivity index (χ3v) is 6.75. The van der Waals surface area contributed by atoms with Crippen molar-refractivity contribution >= 4 is 14.3 Å². The summed E-state index contributed by atoms with van der Waals surface area (Å²) < 4.78 is 102. The summed E-state index contributed by atoms with van der Waals surface area (Å²) in [6, 6.07) is 10.0. The van der Waals surface area contributed by atoms with Gasteiger partial charge in [0.2, 0.25) is 0 Å². The van der Waals surface area contributed by atoms with Gasteiger partial charge in [-0.1, -0.05) is 20.8 Å². The molecule has 3 atom stereocenters. The molecule has 34 heavy (non-hydrogen) atoms. The number of alkyl halides is 9. The van der Waals surface area contributed by atoms with Crippen LogP contribution in [0, 0.1) is 0 Å². The number of rotatable bonds is 3. The Morgan fingerprint density at radius 3 is 0.824 bits per heavy atom. The Bertz CT molecular complexity index is 435. The first-order valence-corrected chi connectivity index (χ1v) is 13.1. The Kier molecular flexibility index (Phi) is 30.3. The van der Waals surface area contributed by atoms with Gasteiger partial charge >= 0.3 is 68.9 Å². The van der Waals surface area contributed by atoms with Crippen LogP contribution in [0.3, 0.4) is 0 Å². The summed E-state index contributed by atoms with van der Waals surface area (Å²) in [6.45, 7) is 11.2. The number of hydrogen-bond acceptors (Lipinski definition) is 3. The average molecular weight is 746 g/mol. The Labute approximate surface area is 219 Å². The fraction of sp³-hybridized carbons (Fsp3) is 0.750. The third-order valence-electron chi connectivity index (χ3n) is 3.18. The minimum atomic E-state index is -7.10. The van der Waals surface area contributed by atoms with Gasteiger partial charge in [-0.2, -0.15) is 18.2 Å². The van der Waals surface area contributed by atoms with Crippen molar-refractivity contribution in [1.29, 1.82) is 0 Å². The van der Waals surface area contributed by atoms with E-state index in [-0.39, 0.29) is 44.2 Å². The van der Waals surface area contributed by atoms with Crippen LogP contribution in [0.1, 0.15) is 60.8 Å². The summed E-state index contributed by atoms with van der Waals surface area (Å²) in [6.07, 6.45) is 2.24. The smallest absolute Gasteiger partial charge is 0 e. The van der Waals surface area contributed by atoms with Gasteiger partial charge < -0.3 is 15.3 Å². The van der Waals surface area contributed by atoms with Crippen LogP contribution in [0.15, 0.2) is 30.3 Å². The summed E-state index contributed by atoms with van der Waals surface area (Å²) in [5.74, 6) is 0. The molecule has 3 unspecified atom stereocenters. The topological polar surface area (TPSA) is 60.7 Å². The molecule has 0 saturated carbocycles. The average Bonchev–Trinajstić information content (AvgIpc) is 3.19. The Morgan fingerprint density at radius 1 is 0.618 bits per heavy atom. The SMILES string of the molecule is CCC(C)O.CCC(C)O.CCC(C)O.F[C](F)(F)[Ge]([C](F)(F)F)[C](F)(F)F.[Hf].c1cc[cH-]c1. The largest absolute Gasteiger partial charge is 0.214 e. The standard InChI is InChI=1S/C5H5.3C4H10O.C3F9Ge.Hf/c1-2-4-5-3-1;3*1-3-4(2)5;4-1(5,6)13(2(7,8)9)3(10,11)12;/h1-5H;3*4-5H,3H2,1-2H3;;/q-1;;;;;. The molecule has 3 N–H and O–H groups in total. The normalized spacial score (nSPS) is 13.6. The molecule has 1 rings (SSSR count). The zero-order chi connectivity index (χ0) is 27.5. The first-order valence-electron chi connectivity index (χ1n) is 9.97. The van der Waals surface area contributed by atoms with Crippen molar-refractivity contribution in [3.05, 3.63) is 30.3 Å². The minimum Gasteiger partial charge on any atom is -0.214 e. The summed E-state index contributed by atoms with van der Waals surface area (Å²) in [4.78, 5) is 0. The maximum atomic E-state index is 11.3. The summed E-state index contributed by atoms with van der Waals surface area (Å²) in [7, 11) is 0. The molecule has 0 bridgehead atoms. The second-order valence-corrected chi connectivity index (χ2v) is 11.7. The van der Waals surface area contributed by atoms with Crippen LogP contribution < -0.4 is 0 Å². The molecule has 0 fully saturated rings. The van der Waals surface area contributed by atoms with Gasteiger partial charge in [-0.05, 0) is 40.0 Å². The van der Waals surface area contributed by atoms with Crippen LogP contribution in [-0.2, 0) is 25.8 Å². The van der Waals surface area contributed by atoms with Crippen LogP contribution in [0.5, 0.6) is 0 Å². The predicted octanol–water partition coefficient (Wildman–Crippen LogP) is 6.52. The van der Waals surface area contributed by atoms with E-state index < -0.39 is 29.4 Å². The Hall–Kier alpha value is 0.0130. The van der Waals surface area contributed by atoms with E-state index in [2.05, 4.69) is 0 Å². The van der Waals surface area contributed by atoms with E-state index in [4.69, 9.17) is 15.3 Å². The zero-order valence-electron chi connectivity index (χ0n) is 20.0. The predicted molar refractivity (Wildman–Crippen MR) is 112 cm³/mol. The molecule has 0 heterocycles. The zero-order valence-corrected chi connectivity index (χ0v) is 25.7. The molecule has 0 amide bonds. The van der Waals surface area contributed by atoms with Gasteiger partial charge in [0.1, 0.15) is 0 Å². The van der Waals surface area contributed by atoms with Gasteiger partial charge in [0, 0.05) is 25.8 Å². The molecule has 1 radical (unpaired) electrons. The fourth-order valence-corrected chi connectivity index (χ4v) is 2.83. The van der Waals surface area contributed by atoms with Crippen molar-refractivity contribution in [2.24, 2.45) is 0 Å². The van der Waals surface area contributed by atoms with E-state index >= 15 is 0 Å². The molecule has 0 aromatic heterocycles. The van der Waals surface area contributed by atoms with Crippen molar-refractivity contribution in [2.45, 2.75) is 94.1 Å². The van der Waals surface area contributed by atoms with Crippen LogP contribution in [-0.4, -0.2) is 63.0 Å². The van der Waals surface area contributed by atoms with Crippen molar-refractivity contribution in [3.8, 4) is 0 Å². The van der Waals surface area contributed by atoms with Crippen LogP contribution in [0.25, 0.3) is 0 Å². The summed E-state index contributed by atoms with van der Waals surface area (Å²) in [5, 5.41) is 6.49.